The molecule has 0 saturated heterocycles. The monoisotopic (exact) mass is 443 g/mol. The Hall–Kier alpha value is -2.31. The molecule has 4 nitrogen and oxygen atoms in total. The van der Waals surface area contributed by atoms with Gasteiger partial charge in [0.05, 0.1) is 5.39 Å². The fraction of sp³-hybridized carbons (Fsp3) is 0.190. The van der Waals surface area contributed by atoms with Crippen LogP contribution in [-0.4, -0.2) is 15.0 Å². The molecule has 1 aromatic carbocycles. The topological polar surface area (TPSA) is 58.6 Å². The van der Waals surface area contributed by atoms with Crippen LogP contribution in [0.2, 0.25) is 0 Å². The largest absolute Gasteiger partial charge is 0.306 e. The summed E-state index contributed by atoms with van der Waals surface area (Å²) in [6.07, 6.45) is 3.36. The predicted molar refractivity (Wildman–Crippen MR) is 119 cm³/mol. The van der Waals surface area contributed by atoms with E-state index in [1.807, 2.05) is 69.5 Å². The van der Waals surface area contributed by atoms with Gasteiger partial charge in [-0.05, 0) is 29.8 Å². The third-order valence-electron chi connectivity index (χ3n) is 3.55. The van der Waals surface area contributed by atoms with Gasteiger partial charge in [0.2, 0.25) is 0 Å². The minimum Gasteiger partial charge on any atom is -0.306 e. The van der Waals surface area contributed by atoms with Crippen molar-refractivity contribution < 1.29 is 0 Å². The number of thiophene rings is 1. The van der Waals surface area contributed by atoms with Gasteiger partial charge in [0.25, 0.3) is 5.56 Å². The van der Waals surface area contributed by atoms with Crippen LogP contribution >= 0.6 is 27.3 Å². The van der Waals surface area contributed by atoms with Crippen LogP contribution in [0.25, 0.3) is 32.7 Å². The highest BCUT2D eigenvalue weighted by atomic mass is 79.9. The first-order chi connectivity index (χ1) is 13.2. The minimum absolute atomic E-state index is 0.124. The summed E-state index contributed by atoms with van der Waals surface area (Å²) in [6, 6.07) is 11.6. The van der Waals surface area contributed by atoms with Crippen molar-refractivity contribution in [2.24, 2.45) is 0 Å². The van der Waals surface area contributed by atoms with Crippen LogP contribution in [0.15, 0.2) is 63.4 Å². The van der Waals surface area contributed by atoms with Crippen LogP contribution in [0.5, 0.6) is 0 Å². The summed E-state index contributed by atoms with van der Waals surface area (Å²) < 4.78 is 1.01. The van der Waals surface area contributed by atoms with Crippen molar-refractivity contribution in [1.82, 2.24) is 15.0 Å². The van der Waals surface area contributed by atoms with Crippen LogP contribution in [0.4, 0.5) is 0 Å². The maximum Gasteiger partial charge on any atom is 0.260 e. The average molecular weight is 444 g/mol. The molecule has 0 aliphatic rings. The number of rotatable bonds is 2. The summed E-state index contributed by atoms with van der Waals surface area (Å²) in [4.78, 5) is 24.8. The number of pyridine rings is 1. The summed E-state index contributed by atoms with van der Waals surface area (Å²) in [5.41, 5.74) is 2.63. The van der Waals surface area contributed by atoms with Crippen molar-refractivity contribution in [3.05, 3.63) is 69.0 Å². The number of H-pyrrole nitrogens is 1. The number of nitrogens with one attached hydrogen (secondary N) is 1. The summed E-state index contributed by atoms with van der Waals surface area (Å²) in [6.45, 7) is 8.00. The predicted octanol–water partition coefficient (Wildman–Crippen LogP) is 6.53. The second-order valence-corrected chi connectivity index (χ2v) is 6.76. The van der Waals surface area contributed by atoms with E-state index in [1.165, 1.54) is 11.3 Å². The molecule has 140 valence electrons. The zero-order chi connectivity index (χ0) is 19.8. The maximum absolute atomic E-state index is 12.6. The normalized spacial score (nSPS) is 9.81. The van der Waals surface area contributed by atoms with Gasteiger partial charge in [-0.15, -0.1) is 11.3 Å². The number of halogens is 1. The lowest BCUT2D eigenvalue weighted by molar-refractivity contribution is 1.18. The van der Waals surface area contributed by atoms with E-state index in [1.54, 1.807) is 12.4 Å². The van der Waals surface area contributed by atoms with Gasteiger partial charge in [0.15, 0.2) is 0 Å². The minimum atomic E-state index is -0.124. The van der Waals surface area contributed by atoms with Crippen molar-refractivity contribution >= 4 is 37.5 Å². The van der Waals surface area contributed by atoms with Crippen LogP contribution in [-0.2, 0) is 0 Å². The fourth-order valence-electron chi connectivity index (χ4n) is 2.44. The molecule has 27 heavy (non-hydrogen) atoms. The third kappa shape index (κ3) is 4.70. The first-order valence-electron chi connectivity index (χ1n) is 8.90. The molecule has 0 spiro atoms. The van der Waals surface area contributed by atoms with Crippen molar-refractivity contribution in [3.63, 3.8) is 0 Å². The molecule has 3 heterocycles. The number of aromatic nitrogens is 3. The van der Waals surface area contributed by atoms with E-state index in [2.05, 4.69) is 30.9 Å². The fourth-order valence-corrected chi connectivity index (χ4v) is 3.65. The molecule has 0 aliphatic heterocycles. The molecular formula is C21H22BrN3OS. The first kappa shape index (κ1) is 21.0. The van der Waals surface area contributed by atoms with Gasteiger partial charge in [-0.3, -0.25) is 9.78 Å². The van der Waals surface area contributed by atoms with Gasteiger partial charge in [0, 0.05) is 33.4 Å². The van der Waals surface area contributed by atoms with Crippen LogP contribution in [0.1, 0.15) is 27.7 Å². The second-order valence-electron chi connectivity index (χ2n) is 4.99. The van der Waals surface area contributed by atoms with E-state index in [0.717, 1.165) is 26.0 Å². The Morgan fingerprint density at radius 3 is 2.19 bits per heavy atom. The summed E-state index contributed by atoms with van der Waals surface area (Å²) in [7, 11) is 0. The lowest BCUT2D eigenvalue weighted by Gasteiger charge is -2.02. The molecule has 0 aliphatic carbocycles. The smallest absolute Gasteiger partial charge is 0.260 e. The van der Waals surface area contributed by atoms with Gasteiger partial charge < -0.3 is 4.98 Å². The number of hydrogen-bond acceptors (Lipinski definition) is 4. The lowest BCUT2D eigenvalue weighted by Crippen LogP contribution is -2.09. The molecule has 4 aromatic rings. The van der Waals surface area contributed by atoms with E-state index in [0.29, 0.717) is 11.2 Å². The number of fused-ring (bicyclic) bond motifs is 1. The molecule has 3 aromatic heterocycles. The summed E-state index contributed by atoms with van der Waals surface area (Å²) in [5.74, 6) is 0.564. The average Bonchev–Trinajstić information content (AvgIpc) is 3.17. The Morgan fingerprint density at radius 2 is 1.56 bits per heavy atom. The van der Waals surface area contributed by atoms with E-state index >= 15 is 0 Å². The van der Waals surface area contributed by atoms with E-state index < -0.39 is 0 Å². The van der Waals surface area contributed by atoms with Crippen LogP contribution < -0.4 is 5.56 Å². The molecule has 0 bridgehead atoms. The summed E-state index contributed by atoms with van der Waals surface area (Å²) >= 11 is 4.90. The zero-order valence-corrected chi connectivity index (χ0v) is 18.2. The van der Waals surface area contributed by atoms with Crippen molar-refractivity contribution in [3.8, 4) is 22.5 Å². The Morgan fingerprint density at radius 1 is 0.926 bits per heavy atom. The van der Waals surface area contributed by atoms with Gasteiger partial charge >= 0.3 is 0 Å². The molecule has 0 atom stereocenters. The van der Waals surface area contributed by atoms with E-state index in [9.17, 15) is 4.79 Å². The van der Waals surface area contributed by atoms with Gasteiger partial charge in [0.1, 0.15) is 10.7 Å². The van der Waals surface area contributed by atoms with Crippen LogP contribution in [0, 0.1) is 0 Å². The molecular weight excluding hydrogens is 422 g/mol. The Bertz CT molecular complexity index is 1040. The van der Waals surface area contributed by atoms with Gasteiger partial charge in [-0.2, -0.15) is 0 Å². The molecule has 1 N–H and O–H groups in total. The van der Waals surface area contributed by atoms with Gasteiger partial charge in [-0.25, -0.2) is 4.98 Å². The number of nitrogens with zero attached hydrogens (tertiary/aromatic N) is 2. The highest BCUT2D eigenvalue weighted by Gasteiger charge is 2.13. The zero-order valence-electron chi connectivity index (χ0n) is 15.8. The summed E-state index contributed by atoms with van der Waals surface area (Å²) in [5, 5.41) is 2.61. The lowest BCUT2D eigenvalue weighted by atomic mass is 10.1. The highest BCUT2D eigenvalue weighted by molar-refractivity contribution is 9.10. The molecule has 0 saturated carbocycles. The molecule has 0 fully saturated rings. The van der Waals surface area contributed by atoms with Crippen molar-refractivity contribution in [2.45, 2.75) is 27.7 Å². The quantitative estimate of drug-likeness (QED) is 0.383. The van der Waals surface area contributed by atoms with E-state index in [4.69, 9.17) is 0 Å². The van der Waals surface area contributed by atoms with E-state index in [-0.39, 0.29) is 5.56 Å². The Balaban J connectivity index is 0.000000614. The third-order valence-corrected chi connectivity index (χ3v) is 4.95. The first-order valence-corrected chi connectivity index (χ1v) is 10.6. The SMILES string of the molecule is CC.CC.O=c1[nH]c(-c2ccncc2)nc2scc(-c3ccc(Br)cc3)c12. The van der Waals surface area contributed by atoms with Crippen LogP contribution in [0.3, 0.4) is 0 Å². The van der Waals surface area contributed by atoms with Gasteiger partial charge in [-0.1, -0.05) is 55.8 Å². The molecule has 0 radical (unpaired) electrons. The maximum atomic E-state index is 12.6. The van der Waals surface area contributed by atoms with Crippen molar-refractivity contribution in [1.29, 1.82) is 0 Å². The molecule has 4 rings (SSSR count). The molecule has 6 heteroatoms. The molecule has 0 unspecified atom stereocenters. The standard InChI is InChI=1S/C17H10BrN3OS.2C2H6/c18-12-3-1-10(2-4-12)13-9-23-17-14(13)16(22)20-15(21-17)11-5-7-19-8-6-11;2*1-2/h1-9H,(H,20,21,22);2*1-2H3. The van der Waals surface area contributed by atoms with Crippen molar-refractivity contribution in [2.75, 3.05) is 0 Å². The molecule has 0 amide bonds. The Kier molecular flexibility index (Phi) is 7.88. The number of benzene rings is 1. The highest BCUT2D eigenvalue weighted by Crippen LogP contribution is 2.32. The number of hydrogen-bond donors (Lipinski definition) is 1. The number of aromatic amines is 1. The second kappa shape index (κ2) is 10.1. The Labute approximate surface area is 171 Å².